The van der Waals surface area contributed by atoms with Gasteiger partial charge in [-0.2, -0.15) is 0 Å². The molecule has 2 aromatic rings. The van der Waals surface area contributed by atoms with Crippen LogP contribution < -0.4 is 0 Å². The van der Waals surface area contributed by atoms with E-state index in [-0.39, 0.29) is 6.61 Å². The Balaban J connectivity index is 2.10. The number of aliphatic hydroxyl groups is 1. The molecule has 1 N–H and O–H groups in total. The van der Waals surface area contributed by atoms with Crippen molar-refractivity contribution in [2.75, 3.05) is 12.4 Å². The minimum absolute atomic E-state index is 0.255. The number of aryl methyl sites for hydroxylation is 1. The lowest BCUT2D eigenvalue weighted by Gasteiger charge is -2.08. The van der Waals surface area contributed by atoms with Crippen molar-refractivity contribution in [3.05, 3.63) is 36.2 Å². The number of aromatic nitrogens is 3. The van der Waals surface area contributed by atoms with Gasteiger partial charge in [0.25, 0.3) is 0 Å². The van der Waals surface area contributed by atoms with Crippen molar-refractivity contribution < 1.29 is 5.11 Å². The lowest BCUT2D eigenvalue weighted by Crippen LogP contribution is -1.98. The molecule has 0 aliphatic heterocycles. The average Bonchev–Trinajstić information content (AvgIpc) is 2.83. The molecule has 1 heterocycles. The Morgan fingerprint density at radius 2 is 2.11 bits per heavy atom. The lowest BCUT2D eigenvalue weighted by atomic mass is 10.2. The van der Waals surface area contributed by atoms with Gasteiger partial charge in [0.2, 0.25) is 0 Å². The molecule has 18 heavy (non-hydrogen) atoms. The third-order valence-corrected chi connectivity index (χ3v) is 3.70. The first-order valence-corrected chi connectivity index (χ1v) is 7.01. The second kappa shape index (κ2) is 6.56. The van der Waals surface area contributed by atoms with E-state index in [0.717, 1.165) is 29.4 Å². The van der Waals surface area contributed by atoms with Crippen LogP contribution in [0.2, 0.25) is 0 Å². The number of hydrogen-bond acceptors (Lipinski definition) is 4. The summed E-state index contributed by atoms with van der Waals surface area (Å²) < 4.78 is 2.01. The van der Waals surface area contributed by atoms with Crippen molar-refractivity contribution in [1.82, 2.24) is 14.8 Å². The molecular formula is C13H17N3OS. The minimum Gasteiger partial charge on any atom is -0.396 e. The van der Waals surface area contributed by atoms with E-state index in [9.17, 15) is 0 Å². The van der Waals surface area contributed by atoms with Crippen LogP contribution in [0.25, 0.3) is 5.69 Å². The summed E-state index contributed by atoms with van der Waals surface area (Å²) in [6, 6.07) is 8.19. The van der Waals surface area contributed by atoms with Gasteiger partial charge in [0.05, 0.1) is 5.69 Å². The van der Waals surface area contributed by atoms with Crippen LogP contribution in [0.3, 0.4) is 0 Å². The monoisotopic (exact) mass is 263 g/mol. The largest absolute Gasteiger partial charge is 0.396 e. The van der Waals surface area contributed by atoms with Gasteiger partial charge in [-0.1, -0.05) is 30.0 Å². The average molecular weight is 263 g/mol. The summed E-state index contributed by atoms with van der Waals surface area (Å²) in [6.07, 6.45) is 3.57. The summed E-state index contributed by atoms with van der Waals surface area (Å²) >= 11 is 1.68. The Kier molecular flexibility index (Phi) is 4.78. The fourth-order valence-corrected chi connectivity index (χ4v) is 2.62. The number of thioether (sulfide) groups is 1. The van der Waals surface area contributed by atoms with E-state index >= 15 is 0 Å². The fourth-order valence-electron chi connectivity index (χ4n) is 1.70. The predicted molar refractivity (Wildman–Crippen MR) is 73.1 cm³/mol. The third kappa shape index (κ3) is 3.11. The molecule has 1 aromatic carbocycles. The molecule has 0 amide bonds. The smallest absolute Gasteiger partial charge is 0.195 e. The van der Waals surface area contributed by atoms with Gasteiger partial charge in [-0.3, -0.25) is 4.57 Å². The van der Waals surface area contributed by atoms with Crippen molar-refractivity contribution in [2.24, 2.45) is 0 Å². The lowest BCUT2D eigenvalue weighted by molar-refractivity contribution is 0.287. The number of rotatable bonds is 6. The Hall–Kier alpha value is -1.33. The molecule has 0 saturated carbocycles. The highest BCUT2D eigenvalue weighted by Crippen LogP contribution is 2.22. The highest BCUT2D eigenvalue weighted by Gasteiger charge is 2.08. The summed E-state index contributed by atoms with van der Waals surface area (Å²) in [5.74, 6) is 0.950. The standard InChI is InChI=1S/C13H17N3OS/c1-11-6-2-3-7-12(11)16-10-14-15-13(16)18-9-5-4-8-17/h2-3,6-7,10,17H,4-5,8-9H2,1H3. The molecule has 5 heteroatoms. The van der Waals surface area contributed by atoms with E-state index in [4.69, 9.17) is 5.11 Å². The van der Waals surface area contributed by atoms with Crippen LogP contribution in [-0.2, 0) is 0 Å². The Morgan fingerprint density at radius 3 is 2.89 bits per heavy atom. The summed E-state index contributed by atoms with van der Waals surface area (Å²) in [6.45, 7) is 2.33. The van der Waals surface area contributed by atoms with Gasteiger partial charge in [-0.05, 0) is 31.4 Å². The molecule has 0 spiro atoms. The number of benzene rings is 1. The van der Waals surface area contributed by atoms with Gasteiger partial charge in [0, 0.05) is 12.4 Å². The Bertz CT molecular complexity index is 498. The van der Waals surface area contributed by atoms with Crippen molar-refractivity contribution in [3.63, 3.8) is 0 Å². The van der Waals surface area contributed by atoms with Crippen molar-refractivity contribution in [2.45, 2.75) is 24.9 Å². The zero-order valence-electron chi connectivity index (χ0n) is 10.4. The molecule has 0 atom stereocenters. The first-order chi connectivity index (χ1) is 8.83. The third-order valence-electron chi connectivity index (χ3n) is 2.68. The van der Waals surface area contributed by atoms with E-state index in [1.807, 2.05) is 16.7 Å². The molecule has 0 radical (unpaired) electrons. The highest BCUT2D eigenvalue weighted by molar-refractivity contribution is 7.99. The minimum atomic E-state index is 0.255. The van der Waals surface area contributed by atoms with E-state index < -0.39 is 0 Å². The summed E-state index contributed by atoms with van der Waals surface area (Å²) in [5, 5.41) is 17.8. The van der Waals surface area contributed by atoms with Gasteiger partial charge in [0.1, 0.15) is 6.33 Å². The maximum Gasteiger partial charge on any atom is 0.195 e. The number of hydrogen-bond donors (Lipinski definition) is 1. The number of unbranched alkanes of at least 4 members (excludes halogenated alkanes) is 1. The van der Waals surface area contributed by atoms with Crippen LogP contribution in [-0.4, -0.2) is 32.2 Å². The van der Waals surface area contributed by atoms with E-state index in [1.165, 1.54) is 5.56 Å². The van der Waals surface area contributed by atoms with Crippen molar-refractivity contribution in [3.8, 4) is 5.69 Å². The van der Waals surface area contributed by atoms with E-state index in [0.29, 0.717) is 0 Å². The molecule has 0 bridgehead atoms. The van der Waals surface area contributed by atoms with Crippen LogP contribution in [0, 0.1) is 6.92 Å². The molecule has 0 unspecified atom stereocenters. The molecule has 0 saturated heterocycles. The molecule has 96 valence electrons. The fraction of sp³-hybridized carbons (Fsp3) is 0.385. The molecule has 4 nitrogen and oxygen atoms in total. The van der Waals surface area contributed by atoms with E-state index in [1.54, 1.807) is 18.1 Å². The molecule has 0 fully saturated rings. The number of nitrogens with zero attached hydrogens (tertiary/aromatic N) is 3. The first kappa shape index (κ1) is 13.1. The first-order valence-electron chi connectivity index (χ1n) is 6.02. The molecule has 0 aliphatic carbocycles. The summed E-state index contributed by atoms with van der Waals surface area (Å²) in [4.78, 5) is 0. The maximum absolute atomic E-state index is 8.75. The van der Waals surface area contributed by atoms with Gasteiger partial charge >= 0.3 is 0 Å². The Morgan fingerprint density at radius 1 is 1.28 bits per heavy atom. The van der Waals surface area contributed by atoms with Crippen LogP contribution in [0.4, 0.5) is 0 Å². The van der Waals surface area contributed by atoms with Crippen LogP contribution >= 0.6 is 11.8 Å². The van der Waals surface area contributed by atoms with Crippen LogP contribution in [0.15, 0.2) is 35.7 Å². The normalized spacial score (nSPS) is 10.8. The van der Waals surface area contributed by atoms with Gasteiger partial charge in [-0.15, -0.1) is 10.2 Å². The van der Waals surface area contributed by atoms with E-state index in [2.05, 4.69) is 29.3 Å². The van der Waals surface area contributed by atoms with Crippen LogP contribution in [0.5, 0.6) is 0 Å². The predicted octanol–water partition coefficient (Wildman–Crippen LogP) is 2.44. The molecule has 2 rings (SSSR count). The van der Waals surface area contributed by atoms with Crippen molar-refractivity contribution >= 4 is 11.8 Å². The van der Waals surface area contributed by atoms with Crippen LogP contribution in [0.1, 0.15) is 18.4 Å². The molecule has 1 aromatic heterocycles. The molecule has 0 aliphatic rings. The number of para-hydroxylation sites is 1. The molecular weight excluding hydrogens is 246 g/mol. The number of aliphatic hydroxyl groups excluding tert-OH is 1. The second-order valence-electron chi connectivity index (χ2n) is 4.05. The zero-order chi connectivity index (χ0) is 12.8. The van der Waals surface area contributed by atoms with Crippen molar-refractivity contribution in [1.29, 1.82) is 0 Å². The summed E-state index contributed by atoms with van der Waals surface area (Å²) in [7, 11) is 0. The maximum atomic E-state index is 8.75. The van der Waals surface area contributed by atoms with Gasteiger partial charge < -0.3 is 5.11 Å². The van der Waals surface area contributed by atoms with Gasteiger partial charge in [0.15, 0.2) is 5.16 Å². The summed E-state index contributed by atoms with van der Waals surface area (Å²) in [5.41, 5.74) is 2.32. The quantitative estimate of drug-likeness (QED) is 0.642. The highest BCUT2D eigenvalue weighted by atomic mass is 32.2. The topological polar surface area (TPSA) is 50.9 Å². The second-order valence-corrected chi connectivity index (χ2v) is 5.11. The van der Waals surface area contributed by atoms with Gasteiger partial charge in [-0.25, -0.2) is 0 Å². The Labute approximate surface area is 111 Å². The zero-order valence-corrected chi connectivity index (χ0v) is 11.2. The SMILES string of the molecule is Cc1ccccc1-n1cnnc1SCCCCO.